The van der Waals surface area contributed by atoms with Crippen molar-refractivity contribution in [3.63, 3.8) is 0 Å². The standard InChI is InChI=1S/C11H21N3/c1-3-6-14(7-4-2)8-5-11-9-12-10-13-11/h9-10H,3-8H2,1-2H3,(H,12,13). The summed E-state index contributed by atoms with van der Waals surface area (Å²) >= 11 is 0. The fourth-order valence-electron chi connectivity index (χ4n) is 1.67. The van der Waals surface area contributed by atoms with Crippen LogP contribution >= 0.6 is 0 Å². The zero-order chi connectivity index (χ0) is 10.2. The number of imidazole rings is 1. The monoisotopic (exact) mass is 195 g/mol. The molecule has 1 heterocycles. The van der Waals surface area contributed by atoms with Crippen molar-refractivity contribution in [3.8, 4) is 0 Å². The van der Waals surface area contributed by atoms with Gasteiger partial charge in [0.2, 0.25) is 0 Å². The highest BCUT2D eigenvalue weighted by Crippen LogP contribution is 1.99. The van der Waals surface area contributed by atoms with Crippen molar-refractivity contribution < 1.29 is 0 Å². The Labute approximate surface area is 86.5 Å². The molecule has 0 atom stereocenters. The predicted molar refractivity (Wildman–Crippen MR) is 59.3 cm³/mol. The van der Waals surface area contributed by atoms with E-state index in [0.29, 0.717) is 0 Å². The van der Waals surface area contributed by atoms with Crippen LogP contribution in [0.3, 0.4) is 0 Å². The summed E-state index contributed by atoms with van der Waals surface area (Å²) in [6.45, 7) is 8.03. The third-order valence-corrected chi connectivity index (χ3v) is 2.33. The third-order valence-electron chi connectivity index (χ3n) is 2.33. The molecular formula is C11H21N3. The second-order valence-electron chi connectivity index (χ2n) is 3.67. The topological polar surface area (TPSA) is 31.9 Å². The smallest absolute Gasteiger partial charge is 0.0921 e. The van der Waals surface area contributed by atoms with E-state index < -0.39 is 0 Å². The summed E-state index contributed by atoms with van der Waals surface area (Å²) in [5, 5.41) is 0. The number of hydrogen-bond donors (Lipinski definition) is 1. The number of nitrogens with one attached hydrogen (secondary N) is 1. The average molecular weight is 195 g/mol. The first-order valence-electron chi connectivity index (χ1n) is 5.56. The van der Waals surface area contributed by atoms with Crippen LogP contribution in [-0.4, -0.2) is 34.5 Å². The fraction of sp³-hybridized carbons (Fsp3) is 0.727. The molecule has 0 bridgehead atoms. The molecule has 0 fully saturated rings. The van der Waals surface area contributed by atoms with Crippen LogP contribution in [0.1, 0.15) is 32.4 Å². The van der Waals surface area contributed by atoms with Gasteiger partial charge in [-0.3, -0.25) is 0 Å². The SMILES string of the molecule is CCCN(CCC)CCc1cnc[nH]1. The van der Waals surface area contributed by atoms with Crippen molar-refractivity contribution in [2.75, 3.05) is 19.6 Å². The maximum Gasteiger partial charge on any atom is 0.0921 e. The molecule has 14 heavy (non-hydrogen) atoms. The minimum absolute atomic E-state index is 1.08. The van der Waals surface area contributed by atoms with E-state index in [4.69, 9.17) is 0 Å². The lowest BCUT2D eigenvalue weighted by Gasteiger charge is -2.20. The van der Waals surface area contributed by atoms with Crippen LogP contribution < -0.4 is 0 Å². The summed E-state index contributed by atoms with van der Waals surface area (Å²) in [6.07, 6.45) is 7.22. The molecule has 0 spiro atoms. The van der Waals surface area contributed by atoms with Crippen molar-refractivity contribution in [1.29, 1.82) is 0 Å². The largest absolute Gasteiger partial charge is 0.348 e. The van der Waals surface area contributed by atoms with Crippen molar-refractivity contribution in [2.45, 2.75) is 33.1 Å². The molecule has 1 rings (SSSR count). The lowest BCUT2D eigenvalue weighted by Crippen LogP contribution is -2.27. The van der Waals surface area contributed by atoms with Gasteiger partial charge in [0, 0.05) is 24.9 Å². The molecule has 0 aromatic carbocycles. The highest BCUT2D eigenvalue weighted by atomic mass is 15.1. The molecule has 0 amide bonds. The van der Waals surface area contributed by atoms with E-state index in [1.54, 1.807) is 6.33 Å². The minimum Gasteiger partial charge on any atom is -0.348 e. The summed E-state index contributed by atoms with van der Waals surface area (Å²) < 4.78 is 0. The number of hydrogen-bond acceptors (Lipinski definition) is 2. The summed E-state index contributed by atoms with van der Waals surface area (Å²) in [7, 11) is 0. The van der Waals surface area contributed by atoms with Gasteiger partial charge in [-0.05, 0) is 25.9 Å². The normalized spacial score (nSPS) is 11.1. The van der Waals surface area contributed by atoms with Gasteiger partial charge in [-0.2, -0.15) is 0 Å². The van der Waals surface area contributed by atoms with Gasteiger partial charge in [0.05, 0.1) is 6.33 Å². The van der Waals surface area contributed by atoms with Crippen LogP contribution in [0.5, 0.6) is 0 Å². The Bertz CT molecular complexity index is 212. The number of nitrogens with zero attached hydrogens (tertiary/aromatic N) is 2. The van der Waals surface area contributed by atoms with Gasteiger partial charge < -0.3 is 9.88 Å². The van der Waals surface area contributed by atoms with Crippen LogP contribution in [0, 0.1) is 0 Å². The van der Waals surface area contributed by atoms with E-state index in [1.165, 1.54) is 31.6 Å². The van der Waals surface area contributed by atoms with Crippen molar-refractivity contribution in [3.05, 3.63) is 18.2 Å². The molecule has 0 saturated heterocycles. The van der Waals surface area contributed by atoms with E-state index in [-0.39, 0.29) is 0 Å². The lowest BCUT2D eigenvalue weighted by molar-refractivity contribution is 0.277. The summed E-state index contributed by atoms with van der Waals surface area (Å²) in [5.41, 5.74) is 1.24. The minimum atomic E-state index is 1.08. The average Bonchev–Trinajstić information content (AvgIpc) is 2.67. The van der Waals surface area contributed by atoms with Gasteiger partial charge in [0.25, 0.3) is 0 Å². The third kappa shape index (κ3) is 3.92. The number of aromatic nitrogens is 2. The van der Waals surface area contributed by atoms with E-state index in [1.807, 2.05) is 6.20 Å². The molecule has 3 heteroatoms. The summed E-state index contributed by atoms with van der Waals surface area (Å²) in [4.78, 5) is 9.67. The first-order valence-corrected chi connectivity index (χ1v) is 5.56. The molecule has 0 radical (unpaired) electrons. The number of H-pyrrole nitrogens is 1. The zero-order valence-electron chi connectivity index (χ0n) is 9.29. The van der Waals surface area contributed by atoms with Crippen molar-refractivity contribution >= 4 is 0 Å². The van der Waals surface area contributed by atoms with Gasteiger partial charge in [0.15, 0.2) is 0 Å². The zero-order valence-corrected chi connectivity index (χ0v) is 9.29. The first kappa shape index (κ1) is 11.2. The number of aromatic amines is 1. The van der Waals surface area contributed by atoms with Crippen LogP contribution in [0.25, 0.3) is 0 Å². The van der Waals surface area contributed by atoms with Crippen LogP contribution in [0.2, 0.25) is 0 Å². The Morgan fingerprint density at radius 1 is 1.21 bits per heavy atom. The van der Waals surface area contributed by atoms with Crippen molar-refractivity contribution in [2.24, 2.45) is 0 Å². The van der Waals surface area contributed by atoms with Crippen LogP contribution in [0.4, 0.5) is 0 Å². The molecule has 0 unspecified atom stereocenters. The quantitative estimate of drug-likeness (QED) is 0.722. The maximum absolute atomic E-state index is 4.02. The van der Waals surface area contributed by atoms with Crippen LogP contribution in [-0.2, 0) is 6.42 Å². The van der Waals surface area contributed by atoms with Gasteiger partial charge >= 0.3 is 0 Å². The second kappa shape index (κ2) is 6.60. The molecule has 0 aliphatic heterocycles. The Balaban J connectivity index is 2.25. The molecule has 1 N–H and O–H groups in total. The summed E-state index contributed by atoms with van der Waals surface area (Å²) in [6, 6.07) is 0. The Morgan fingerprint density at radius 3 is 2.43 bits per heavy atom. The molecule has 0 aliphatic rings. The number of rotatable bonds is 7. The predicted octanol–water partition coefficient (Wildman–Crippen LogP) is 2.07. The fourth-order valence-corrected chi connectivity index (χ4v) is 1.67. The van der Waals surface area contributed by atoms with Crippen LogP contribution in [0.15, 0.2) is 12.5 Å². The maximum atomic E-state index is 4.02. The molecule has 0 saturated carbocycles. The van der Waals surface area contributed by atoms with Gasteiger partial charge in [-0.15, -0.1) is 0 Å². The molecule has 80 valence electrons. The first-order chi connectivity index (χ1) is 6.86. The van der Waals surface area contributed by atoms with E-state index >= 15 is 0 Å². The van der Waals surface area contributed by atoms with Gasteiger partial charge in [-0.25, -0.2) is 4.98 Å². The highest BCUT2D eigenvalue weighted by molar-refractivity contribution is 4.94. The Hall–Kier alpha value is -0.830. The molecule has 1 aromatic heterocycles. The second-order valence-corrected chi connectivity index (χ2v) is 3.67. The Morgan fingerprint density at radius 2 is 1.93 bits per heavy atom. The summed E-state index contributed by atoms with van der Waals surface area (Å²) in [5.74, 6) is 0. The van der Waals surface area contributed by atoms with E-state index in [9.17, 15) is 0 Å². The molecular weight excluding hydrogens is 174 g/mol. The van der Waals surface area contributed by atoms with Crippen molar-refractivity contribution in [1.82, 2.24) is 14.9 Å². The van der Waals surface area contributed by atoms with E-state index in [2.05, 4.69) is 28.7 Å². The molecule has 0 aliphatic carbocycles. The highest BCUT2D eigenvalue weighted by Gasteiger charge is 2.02. The molecule has 3 nitrogen and oxygen atoms in total. The molecule has 1 aromatic rings. The Kier molecular flexibility index (Phi) is 5.30. The van der Waals surface area contributed by atoms with Gasteiger partial charge in [-0.1, -0.05) is 13.8 Å². The van der Waals surface area contributed by atoms with E-state index in [0.717, 1.165) is 13.0 Å². The lowest BCUT2D eigenvalue weighted by atomic mass is 10.3. The van der Waals surface area contributed by atoms with Gasteiger partial charge in [0.1, 0.15) is 0 Å².